The molecule has 1 aromatic rings. The second kappa shape index (κ2) is 9.07. The predicted molar refractivity (Wildman–Crippen MR) is 92.3 cm³/mol. The molecule has 1 rings (SSSR count). The Morgan fingerprint density at radius 2 is 1.75 bits per heavy atom. The first-order valence-electron chi connectivity index (χ1n) is 6.86. The van der Waals surface area contributed by atoms with E-state index in [1.165, 1.54) is 12.0 Å². The van der Waals surface area contributed by atoms with Crippen molar-refractivity contribution in [3.8, 4) is 5.75 Å². The molecule has 114 valence electrons. The van der Waals surface area contributed by atoms with Crippen molar-refractivity contribution in [2.45, 2.75) is 50.2 Å². The Labute approximate surface area is 140 Å². The first-order chi connectivity index (χ1) is 9.43. The second-order valence-corrected chi connectivity index (χ2v) is 7.60. The summed E-state index contributed by atoms with van der Waals surface area (Å²) in [6.07, 6.45) is 0.752. The maximum atomic E-state index is 5.56. The Morgan fingerprint density at radius 1 is 1.15 bits per heavy atom. The van der Waals surface area contributed by atoms with Crippen LogP contribution in [0, 0.1) is 5.92 Å². The van der Waals surface area contributed by atoms with Gasteiger partial charge in [-0.25, -0.2) is 4.84 Å². The number of alkyl halides is 1. The Balaban J connectivity index is 2.72. The minimum atomic E-state index is -0.436. The number of hydrogen-bond acceptors (Lipinski definition) is 3. The molecule has 0 aliphatic heterocycles. The molecule has 1 N–H and O–H groups in total. The summed E-state index contributed by atoms with van der Waals surface area (Å²) in [5.41, 5.74) is 1.36. The van der Waals surface area contributed by atoms with Gasteiger partial charge in [-0.15, -0.1) is 5.00 Å². The van der Waals surface area contributed by atoms with Gasteiger partial charge in [0.15, 0.2) is 0 Å². The molecule has 1 aromatic carbocycles. The average Bonchev–Trinajstić information content (AvgIpc) is 2.37. The van der Waals surface area contributed by atoms with Crippen LogP contribution in [0.5, 0.6) is 5.75 Å². The van der Waals surface area contributed by atoms with Crippen LogP contribution in [0.4, 0.5) is 0 Å². The maximum absolute atomic E-state index is 5.56. The van der Waals surface area contributed by atoms with Crippen LogP contribution in [0.15, 0.2) is 24.3 Å². The fraction of sp³-hybridized carbons (Fsp3) is 0.600. The highest BCUT2D eigenvalue weighted by Crippen LogP contribution is 2.32. The zero-order chi connectivity index (χ0) is 15.1. The third-order valence-corrected chi connectivity index (χ3v) is 3.80. The number of nitrogens with one attached hydrogen (secondary N) is 1. The lowest BCUT2D eigenvalue weighted by molar-refractivity contribution is -0.0910. The number of halogens is 2. The van der Waals surface area contributed by atoms with Gasteiger partial charge in [-0.2, -0.15) is 0 Å². The number of hydrogen-bond donors (Lipinski definition) is 1. The molecule has 3 atom stereocenters. The van der Waals surface area contributed by atoms with E-state index in [2.05, 4.69) is 60.5 Å². The third-order valence-electron chi connectivity index (χ3n) is 3.20. The predicted octanol–water partition coefficient (Wildman–Crippen LogP) is 5.04. The van der Waals surface area contributed by atoms with Crippen molar-refractivity contribution in [1.82, 2.24) is 5.00 Å². The lowest BCUT2D eigenvalue weighted by atomic mass is 9.85. The highest BCUT2D eigenvalue weighted by Gasteiger charge is 2.18. The number of ether oxygens (including phenoxy) is 1. The monoisotopic (exact) mass is 411 g/mol. The normalized spacial score (nSPS) is 15.9. The molecule has 0 spiro atoms. The van der Waals surface area contributed by atoms with Crippen LogP contribution in [0.2, 0.25) is 0 Å². The second-order valence-electron chi connectivity index (χ2n) is 5.32. The van der Waals surface area contributed by atoms with E-state index >= 15 is 0 Å². The van der Waals surface area contributed by atoms with Gasteiger partial charge in [0.2, 0.25) is 6.29 Å². The molecule has 0 fully saturated rings. The fourth-order valence-electron chi connectivity index (χ4n) is 2.22. The van der Waals surface area contributed by atoms with Gasteiger partial charge < -0.3 is 4.74 Å². The Kier molecular flexibility index (Phi) is 8.17. The summed E-state index contributed by atoms with van der Waals surface area (Å²) in [5.74, 6) is 1.98. The molecule has 5 heteroatoms. The summed E-state index contributed by atoms with van der Waals surface area (Å²) in [7, 11) is 0. The lowest BCUT2D eigenvalue weighted by Crippen LogP contribution is -2.20. The van der Waals surface area contributed by atoms with E-state index in [9.17, 15) is 0 Å². The quantitative estimate of drug-likeness (QED) is 0.214. The first kappa shape index (κ1) is 18.0. The lowest BCUT2D eigenvalue weighted by Gasteiger charge is -2.23. The summed E-state index contributed by atoms with van der Waals surface area (Å²) >= 11 is 7.75. The fourth-order valence-corrected chi connectivity index (χ4v) is 2.89. The van der Waals surface area contributed by atoms with E-state index in [-0.39, 0.29) is 0 Å². The molecule has 0 heterocycles. The van der Waals surface area contributed by atoms with E-state index in [1.54, 1.807) is 6.92 Å². The van der Waals surface area contributed by atoms with E-state index in [0.717, 1.165) is 5.75 Å². The van der Waals surface area contributed by atoms with Gasteiger partial charge in [-0.1, -0.05) is 55.5 Å². The molecule has 0 saturated heterocycles. The van der Waals surface area contributed by atoms with Crippen LogP contribution in [-0.2, 0) is 4.84 Å². The molecular weight excluding hydrogens is 389 g/mol. The van der Waals surface area contributed by atoms with Crippen molar-refractivity contribution in [3.63, 3.8) is 0 Å². The van der Waals surface area contributed by atoms with Crippen molar-refractivity contribution in [3.05, 3.63) is 29.8 Å². The van der Waals surface area contributed by atoms with Gasteiger partial charge in [-0.05, 0) is 42.9 Å². The SMILES string of the molecule is CC(I)CC(c1ccc(OC(C)ONCl)cc1)C(C)C. The highest BCUT2D eigenvalue weighted by molar-refractivity contribution is 14.1. The van der Waals surface area contributed by atoms with Crippen LogP contribution >= 0.6 is 34.4 Å². The summed E-state index contributed by atoms with van der Waals surface area (Å²) in [5, 5.41) is 0. The molecule has 0 amide bonds. The number of benzene rings is 1. The Bertz CT molecular complexity index is 384. The average molecular weight is 412 g/mol. The minimum Gasteiger partial charge on any atom is -0.464 e. The van der Waals surface area contributed by atoms with Crippen molar-refractivity contribution in [2.24, 2.45) is 5.92 Å². The maximum Gasteiger partial charge on any atom is 0.216 e. The largest absolute Gasteiger partial charge is 0.464 e. The van der Waals surface area contributed by atoms with Crippen molar-refractivity contribution in [1.29, 1.82) is 0 Å². The molecule has 0 aromatic heterocycles. The van der Waals surface area contributed by atoms with Crippen LogP contribution in [-0.4, -0.2) is 10.2 Å². The topological polar surface area (TPSA) is 30.5 Å². The van der Waals surface area contributed by atoms with Crippen molar-refractivity contribution < 1.29 is 9.57 Å². The van der Waals surface area contributed by atoms with E-state index in [0.29, 0.717) is 15.8 Å². The van der Waals surface area contributed by atoms with Crippen LogP contribution in [0.1, 0.15) is 45.6 Å². The van der Waals surface area contributed by atoms with Gasteiger partial charge in [0.05, 0.1) is 0 Å². The van der Waals surface area contributed by atoms with E-state index in [4.69, 9.17) is 21.4 Å². The van der Waals surface area contributed by atoms with Crippen molar-refractivity contribution >= 4 is 34.4 Å². The molecule has 0 radical (unpaired) electrons. The van der Waals surface area contributed by atoms with Crippen LogP contribution < -0.4 is 9.74 Å². The summed E-state index contributed by atoms with van der Waals surface area (Å²) in [4.78, 5) is 7.01. The molecule has 3 unspecified atom stereocenters. The summed E-state index contributed by atoms with van der Waals surface area (Å²) < 4.78 is 6.23. The molecular formula is C15H23ClINO2. The van der Waals surface area contributed by atoms with Crippen LogP contribution in [0.3, 0.4) is 0 Å². The molecule has 3 nitrogen and oxygen atoms in total. The zero-order valence-electron chi connectivity index (χ0n) is 12.4. The van der Waals surface area contributed by atoms with Gasteiger partial charge in [0, 0.05) is 15.7 Å². The molecule has 20 heavy (non-hydrogen) atoms. The summed E-state index contributed by atoms with van der Waals surface area (Å²) in [6.45, 7) is 8.58. The smallest absolute Gasteiger partial charge is 0.216 e. The number of rotatable bonds is 8. The van der Waals surface area contributed by atoms with Gasteiger partial charge in [-0.3, -0.25) is 0 Å². The van der Waals surface area contributed by atoms with E-state index in [1.807, 2.05) is 12.1 Å². The highest BCUT2D eigenvalue weighted by atomic mass is 127. The minimum absolute atomic E-state index is 0.436. The zero-order valence-corrected chi connectivity index (χ0v) is 15.3. The van der Waals surface area contributed by atoms with Crippen molar-refractivity contribution in [2.75, 3.05) is 0 Å². The molecule has 0 aliphatic carbocycles. The van der Waals surface area contributed by atoms with Gasteiger partial charge in [0.25, 0.3) is 0 Å². The molecule has 0 aliphatic rings. The Morgan fingerprint density at radius 3 is 2.20 bits per heavy atom. The van der Waals surface area contributed by atoms with Gasteiger partial charge in [0.1, 0.15) is 5.75 Å². The standard InChI is InChI=1S/C15H23ClINO2/c1-10(2)15(9-11(3)17)13-5-7-14(8-6-13)19-12(4)20-18-16/h5-8,10-12,15,18H,9H2,1-4H3. The third kappa shape index (κ3) is 6.16. The first-order valence-corrected chi connectivity index (χ1v) is 8.48. The van der Waals surface area contributed by atoms with Crippen LogP contribution in [0.25, 0.3) is 0 Å². The molecule has 0 saturated carbocycles. The molecule has 0 bridgehead atoms. The van der Waals surface area contributed by atoms with E-state index < -0.39 is 6.29 Å². The Hall–Kier alpha value is -0.0400. The van der Waals surface area contributed by atoms with Gasteiger partial charge >= 0.3 is 0 Å². The summed E-state index contributed by atoms with van der Waals surface area (Å²) in [6, 6.07) is 8.24.